The summed E-state index contributed by atoms with van der Waals surface area (Å²) in [6.07, 6.45) is 92.7. The van der Waals surface area contributed by atoms with Crippen LogP contribution >= 0.6 is 0 Å². The molecule has 0 radical (unpaired) electrons. The number of aliphatic hydroxyl groups is 2. The van der Waals surface area contributed by atoms with Gasteiger partial charge in [0.05, 0.1) is 25.4 Å². The van der Waals surface area contributed by atoms with Crippen molar-refractivity contribution in [2.45, 2.75) is 443 Å². The van der Waals surface area contributed by atoms with Crippen LogP contribution in [0.4, 0.5) is 0 Å². The monoisotopic (exact) mass is 1170 g/mol. The number of allylic oxidation sites excluding steroid dienone is 4. The van der Waals surface area contributed by atoms with Crippen molar-refractivity contribution < 1.29 is 24.5 Å². The Morgan fingerprint density at radius 3 is 0.940 bits per heavy atom. The number of aliphatic hydroxyl groups excluding tert-OH is 2. The average molecular weight is 1170 g/mol. The fraction of sp³-hybridized carbons (Fsp3) is 0.922. The van der Waals surface area contributed by atoms with E-state index >= 15 is 0 Å². The van der Waals surface area contributed by atoms with Gasteiger partial charge in [0.2, 0.25) is 5.91 Å². The molecule has 0 aliphatic carbocycles. The third-order valence-corrected chi connectivity index (χ3v) is 18.0. The molecule has 0 spiro atoms. The van der Waals surface area contributed by atoms with Crippen LogP contribution < -0.4 is 5.32 Å². The predicted molar refractivity (Wildman–Crippen MR) is 366 cm³/mol. The Kier molecular flexibility index (Phi) is 71.4. The highest BCUT2D eigenvalue weighted by molar-refractivity contribution is 5.76. The van der Waals surface area contributed by atoms with Crippen molar-refractivity contribution in [2.75, 3.05) is 13.2 Å². The molecule has 0 heterocycles. The number of hydrogen-bond acceptors (Lipinski definition) is 5. The molecule has 0 saturated carbocycles. The van der Waals surface area contributed by atoms with Crippen LogP contribution in [-0.2, 0) is 14.3 Å². The van der Waals surface area contributed by atoms with E-state index in [0.717, 1.165) is 44.9 Å². The average Bonchev–Trinajstić information content (AvgIpc) is 3.49. The minimum atomic E-state index is -0.659. The second-order valence-electron chi connectivity index (χ2n) is 26.3. The van der Waals surface area contributed by atoms with Gasteiger partial charge in [-0.05, 0) is 57.8 Å². The molecular formula is C77H149NO5. The molecule has 6 heteroatoms. The Balaban J connectivity index is 3.28. The van der Waals surface area contributed by atoms with Gasteiger partial charge < -0.3 is 20.3 Å². The second-order valence-corrected chi connectivity index (χ2v) is 26.3. The van der Waals surface area contributed by atoms with Crippen LogP contribution in [0.25, 0.3) is 0 Å². The van der Waals surface area contributed by atoms with E-state index in [9.17, 15) is 19.8 Å². The van der Waals surface area contributed by atoms with Crippen molar-refractivity contribution >= 4 is 11.9 Å². The SMILES string of the molecule is CCCCC/C=C\C/C=C\CCCCCCCCCCCC(=O)OCCCCCCCCCCCCCCCCCCCCCCCCCCCCCCCCCCCCCC(=O)NC(CO)C(O)CCCCCCCCCCCCCC. The molecule has 0 aromatic rings. The Hall–Kier alpha value is -1.66. The maximum atomic E-state index is 12.5. The number of hydrogen-bond donors (Lipinski definition) is 3. The number of rotatable bonds is 72. The molecule has 0 aromatic heterocycles. The zero-order valence-electron chi connectivity index (χ0n) is 56.5. The van der Waals surface area contributed by atoms with Gasteiger partial charge in [-0.15, -0.1) is 0 Å². The van der Waals surface area contributed by atoms with Crippen LogP contribution in [0.5, 0.6) is 0 Å². The summed E-state index contributed by atoms with van der Waals surface area (Å²) in [5.74, 6) is -0.00812. The summed E-state index contributed by atoms with van der Waals surface area (Å²) < 4.78 is 5.52. The number of carbonyl (C=O) groups excluding carboxylic acids is 2. The standard InChI is InChI=1S/C77H149NO5/c1-3-5-7-9-11-13-15-17-18-19-37-41-44-47-51-55-59-63-67-71-77(82)83-72-68-64-60-56-52-48-45-42-39-36-34-32-30-28-26-24-22-20-21-23-25-27-29-31-33-35-38-40-43-46-50-54-58-62-66-70-76(81)78-74(73-79)75(80)69-65-61-57-53-49-16-14-12-10-8-6-4-2/h11,13,17-18,74-75,79-80H,3-10,12,14-16,19-73H2,1-2H3,(H,78,81)/b13-11-,18-17-. The van der Waals surface area contributed by atoms with Gasteiger partial charge in [0.25, 0.3) is 0 Å². The zero-order chi connectivity index (χ0) is 59.9. The van der Waals surface area contributed by atoms with E-state index in [1.807, 2.05) is 0 Å². The molecule has 3 N–H and O–H groups in total. The molecule has 0 saturated heterocycles. The van der Waals surface area contributed by atoms with E-state index in [0.29, 0.717) is 25.9 Å². The second kappa shape index (κ2) is 72.8. The number of nitrogens with one attached hydrogen (secondary N) is 1. The quantitative estimate of drug-likeness (QED) is 0.0320. The minimum absolute atomic E-state index is 0.0196. The molecule has 2 atom stereocenters. The van der Waals surface area contributed by atoms with Gasteiger partial charge in [0, 0.05) is 12.8 Å². The molecule has 492 valence electrons. The first kappa shape index (κ1) is 81.3. The highest BCUT2D eigenvalue weighted by Crippen LogP contribution is 2.20. The Morgan fingerprint density at radius 1 is 0.337 bits per heavy atom. The molecule has 0 rings (SSSR count). The van der Waals surface area contributed by atoms with E-state index in [4.69, 9.17) is 4.74 Å². The zero-order valence-corrected chi connectivity index (χ0v) is 56.5. The first-order valence-corrected chi connectivity index (χ1v) is 38.1. The summed E-state index contributed by atoms with van der Waals surface area (Å²) >= 11 is 0. The van der Waals surface area contributed by atoms with Crippen LogP contribution in [0.15, 0.2) is 24.3 Å². The Morgan fingerprint density at radius 2 is 0.602 bits per heavy atom. The summed E-state index contributed by atoms with van der Waals surface area (Å²) in [7, 11) is 0. The van der Waals surface area contributed by atoms with Crippen LogP contribution in [0.2, 0.25) is 0 Å². The molecule has 6 nitrogen and oxygen atoms in total. The number of amides is 1. The smallest absolute Gasteiger partial charge is 0.305 e. The van der Waals surface area contributed by atoms with Gasteiger partial charge in [-0.3, -0.25) is 9.59 Å². The Bertz CT molecular complexity index is 1300. The van der Waals surface area contributed by atoms with Gasteiger partial charge in [0.15, 0.2) is 0 Å². The summed E-state index contributed by atoms with van der Waals surface area (Å²) in [5, 5.41) is 23.3. The minimum Gasteiger partial charge on any atom is -0.466 e. The normalized spacial score (nSPS) is 12.6. The van der Waals surface area contributed by atoms with E-state index in [1.54, 1.807) is 0 Å². The lowest BCUT2D eigenvalue weighted by atomic mass is 10.0. The largest absolute Gasteiger partial charge is 0.466 e. The van der Waals surface area contributed by atoms with Crippen LogP contribution in [0.3, 0.4) is 0 Å². The summed E-state index contributed by atoms with van der Waals surface area (Å²) in [6, 6.07) is -0.536. The molecule has 0 aromatic carbocycles. The molecular weight excluding hydrogens is 1020 g/mol. The molecule has 0 aliphatic heterocycles. The van der Waals surface area contributed by atoms with Crippen LogP contribution in [0.1, 0.15) is 431 Å². The van der Waals surface area contributed by atoms with Crippen LogP contribution in [0, 0.1) is 0 Å². The third kappa shape index (κ3) is 69.3. The van der Waals surface area contributed by atoms with Crippen molar-refractivity contribution in [3.8, 4) is 0 Å². The first-order valence-electron chi connectivity index (χ1n) is 38.1. The Labute approximate surface area is 520 Å². The number of carbonyl (C=O) groups is 2. The maximum Gasteiger partial charge on any atom is 0.305 e. The van der Waals surface area contributed by atoms with Crippen LogP contribution in [-0.4, -0.2) is 47.4 Å². The van der Waals surface area contributed by atoms with Crippen molar-refractivity contribution in [1.82, 2.24) is 5.32 Å². The van der Waals surface area contributed by atoms with Gasteiger partial charge in [-0.25, -0.2) is 0 Å². The predicted octanol–water partition coefficient (Wildman–Crippen LogP) is 24.9. The third-order valence-electron chi connectivity index (χ3n) is 18.0. The lowest BCUT2D eigenvalue weighted by Crippen LogP contribution is -2.45. The van der Waals surface area contributed by atoms with E-state index in [-0.39, 0.29) is 18.5 Å². The molecule has 1 amide bonds. The highest BCUT2D eigenvalue weighted by Gasteiger charge is 2.20. The molecule has 83 heavy (non-hydrogen) atoms. The van der Waals surface area contributed by atoms with Crippen molar-refractivity contribution in [2.24, 2.45) is 0 Å². The van der Waals surface area contributed by atoms with Gasteiger partial charge >= 0.3 is 5.97 Å². The lowest BCUT2D eigenvalue weighted by molar-refractivity contribution is -0.143. The molecule has 2 unspecified atom stereocenters. The van der Waals surface area contributed by atoms with E-state index in [2.05, 4.69) is 43.5 Å². The van der Waals surface area contributed by atoms with Crippen molar-refractivity contribution in [3.05, 3.63) is 24.3 Å². The van der Waals surface area contributed by atoms with Gasteiger partial charge in [-0.2, -0.15) is 0 Å². The maximum absolute atomic E-state index is 12.5. The fourth-order valence-electron chi connectivity index (χ4n) is 12.2. The van der Waals surface area contributed by atoms with Crippen molar-refractivity contribution in [3.63, 3.8) is 0 Å². The van der Waals surface area contributed by atoms with Gasteiger partial charge in [0.1, 0.15) is 0 Å². The molecule has 0 aliphatic rings. The molecule has 0 fully saturated rings. The summed E-state index contributed by atoms with van der Waals surface area (Å²) in [6.45, 7) is 4.96. The summed E-state index contributed by atoms with van der Waals surface area (Å²) in [4.78, 5) is 24.6. The molecule has 0 bridgehead atoms. The number of esters is 1. The fourth-order valence-corrected chi connectivity index (χ4v) is 12.2. The first-order chi connectivity index (χ1) is 41.0. The number of ether oxygens (including phenoxy) is 1. The van der Waals surface area contributed by atoms with E-state index < -0.39 is 12.1 Å². The van der Waals surface area contributed by atoms with E-state index in [1.165, 1.54) is 353 Å². The van der Waals surface area contributed by atoms with Crippen molar-refractivity contribution in [1.29, 1.82) is 0 Å². The topological polar surface area (TPSA) is 95.9 Å². The number of unbranched alkanes of at least 4 members (excludes halogenated alkanes) is 57. The van der Waals surface area contributed by atoms with Gasteiger partial charge in [-0.1, -0.05) is 385 Å². The highest BCUT2D eigenvalue weighted by atomic mass is 16.5. The summed E-state index contributed by atoms with van der Waals surface area (Å²) in [5.41, 5.74) is 0. The lowest BCUT2D eigenvalue weighted by Gasteiger charge is -2.22.